The Balaban J connectivity index is 2.75. The Morgan fingerprint density at radius 2 is 2.23 bits per heavy atom. The summed E-state index contributed by atoms with van der Waals surface area (Å²) in [6, 6.07) is 4.05. The summed E-state index contributed by atoms with van der Waals surface area (Å²) in [5, 5.41) is 4.33. The number of fused-ring (bicyclic) bond motifs is 1. The average Bonchev–Trinajstić information content (AvgIpc) is 2.47. The Morgan fingerprint density at radius 3 is 2.92 bits per heavy atom. The van der Waals surface area contributed by atoms with E-state index in [-0.39, 0.29) is 0 Å². The Bertz CT molecular complexity index is 447. The van der Waals surface area contributed by atoms with Gasteiger partial charge in [0.2, 0.25) is 0 Å². The average molecular weight is 240 g/mol. The molecular weight excluding hydrogens is 230 g/mol. The molecule has 0 spiro atoms. The molecule has 0 amide bonds. The van der Waals surface area contributed by atoms with Crippen molar-refractivity contribution >= 4 is 21.6 Å². The van der Waals surface area contributed by atoms with Crippen LogP contribution < -0.4 is 0 Å². The van der Waals surface area contributed by atoms with Gasteiger partial charge in [-0.05, 0) is 40.5 Å². The zero-order valence-electron chi connectivity index (χ0n) is 7.58. The first-order valence-corrected chi connectivity index (χ1v) is 5.02. The predicted molar refractivity (Wildman–Crippen MR) is 54.8 cm³/mol. The largest absolute Gasteiger partial charge is 0.212 e. The van der Waals surface area contributed by atoms with Crippen molar-refractivity contribution in [1.29, 1.82) is 0 Å². The van der Waals surface area contributed by atoms with Crippen molar-refractivity contribution < 1.29 is 0 Å². The van der Waals surface area contributed by atoms with E-state index in [1.807, 2.05) is 23.6 Å². The molecule has 0 fully saturated rings. The van der Waals surface area contributed by atoms with Crippen molar-refractivity contribution in [3.63, 3.8) is 0 Å². The van der Waals surface area contributed by atoms with E-state index >= 15 is 0 Å². The van der Waals surface area contributed by atoms with Gasteiger partial charge in [0.25, 0.3) is 0 Å². The van der Waals surface area contributed by atoms with Crippen LogP contribution in [-0.4, -0.2) is 14.6 Å². The van der Waals surface area contributed by atoms with Crippen molar-refractivity contribution in [3.8, 4) is 0 Å². The first-order chi connectivity index (χ1) is 6.20. The molecule has 68 valence electrons. The fourth-order valence-corrected chi connectivity index (χ4v) is 1.89. The van der Waals surface area contributed by atoms with Crippen LogP contribution in [0.2, 0.25) is 0 Å². The van der Waals surface area contributed by atoms with Crippen molar-refractivity contribution in [2.24, 2.45) is 0 Å². The summed E-state index contributed by atoms with van der Waals surface area (Å²) in [6.45, 7) is 4.10. The summed E-state index contributed by atoms with van der Waals surface area (Å²) in [5.74, 6) is 0.881. The molecule has 0 aliphatic carbocycles. The molecule has 0 radical (unpaired) electrons. The van der Waals surface area contributed by atoms with E-state index in [9.17, 15) is 0 Å². The van der Waals surface area contributed by atoms with Gasteiger partial charge in [-0.15, -0.1) is 0 Å². The molecule has 3 nitrogen and oxygen atoms in total. The summed E-state index contributed by atoms with van der Waals surface area (Å²) in [6.07, 6.45) is 0.868. The Morgan fingerprint density at radius 1 is 1.46 bits per heavy atom. The van der Waals surface area contributed by atoms with Crippen LogP contribution in [0.3, 0.4) is 0 Å². The van der Waals surface area contributed by atoms with E-state index in [0.717, 1.165) is 22.5 Å². The summed E-state index contributed by atoms with van der Waals surface area (Å²) >= 11 is 3.45. The fourth-order valence-electron chi connectivity index (χ4n) is 1.26. The predicted octanol–water partition coefficient (Wildman–Crippen LogP) is 2.36. The van der Waals surface area contributed by atoms with E-state index in [1.54, 1.807) is 0 Å². The highest BCUT2D eigenvalue weighted by Gasteiger charge is 2.04. The molecule has 0 aliphatic rings. The van der Waals surface area contributed by atoms with Crippen LogP contribution in [0.1, 0.15) is 18.3 Å². The minimum atomic E-state index is 0.868. The molecule has 0 atom stereocenters. The van der Waals surface area contributed by atoms with Gasteiger partial charge < -0.3 is 0 Å². The molecule has 0 aliphatic heterocycles. The van der Waals surface area contributed by atoms with Crippen LogP contribution in [0.4, 0.5) is 0 Å². The number of aryl methyl sites for hydroxylation is 2. The topological polar surface area (TPSA) is 30.2 Å². The third-order valence-electron chi connectivity index (χ3n) is 1.90. The molecule has 0 bridgehead atoms. The Kier molecular flexibility index (Phi) is 2.07. The molecule has 2 aromatic rings. The highest BCUT2D eigenvalue weighted by Crippen LogP contribution is 2.14. The highest BCUT2D eigenvalue weighted by atomic mass is 79.9. The molecule has 0 N–H and O–H groups in total. The van der Waals surface area contributed by atoms with Crippen LogP contribution in [-0.2, 0) is 6.42 Å². The molecule has 0 saturated carbocycles. The summed E-state index contributed by atoms with van der Waals surface area (Å²) in [5.41, 5.74) is 2.10. The standard InChI is InChI=1S/C9H10BrN3/c1-3-8-11-9-5-6(2)4-7(10)13(9)12-8/h4-5H,3H2,1-2H3. The first-order valence-electron chi connectivity index (χ1n) is 4.22. The monoisotopic (exact) mass is 239 g/mol. The van der Waals surface area contributed by atoms with Crippen LogP contribution in [0.5, 0.6) is 0 Å². The van der Waals surface area contributed by atoms with E-state index in [4.69, 9.17) is 0 Å². The van der Waals surface area contributed by atoms with Gasteiger partial charge in [-0.1, -0.05) is 6.92 Å². The van der Waals surface area contributed by atoms with Gasteiger partial charge >= 0.3 is 0 Å². The maximum atomic E-state index is 4.37. The van der Waals surface area contributed by atoms with Crippen molar-refractivity contribution in [2.75, 3.05) is 0 Å². The van der Waals surface area contributed by atoms with Gasteiger partial charge in [0.15, 0.2) is 11.5 Å². The number of pyridine rings is 1. The van der Waals surface area contributed by atoms with Crippen molar-refractivity contribution in [1.82, 2.24) is 14.6 Å². The molecule has 4 heteroatoms. The lowest BCUT2D eigenvalue weighted by molar-refractivity contribution is 0.870. The van der Waals surface area contributed by atoms with Gasteiger partial charge in [-0.25, -0.2) is 9.50 Å². The van der Waals surface area contributed by atoms with Gasteiger partial charge in [0.1, 0.15) is 4.60 Å². The van der Waals surface area contributed by atoms with Crippen LogP contribution in [0.15, 0.2) is 16.7 Å². The maximum Gasteiger partial charge on any atom is 0.157 e. The second-order valence-electron chi connectivity index (χ2n) is 3.01. The molecule has 2 heterocycles. The lowest BCUT2D eigenvalue weighted by Crippen LogP contribution is -1.91. The first kappa shape index (κ1) is 8.69. The van der Waals surface area contributed by atoms with Gasteiger partial charge in [-0.2, -0.15) is 5.10 Å². The summed E-state index contributed by atoms with van der Waals surface area (Å²) in [7, 11) is 0. The van der Waals surface area contributed by atoms with Crippen LogP contribution in [0.25, 0.3) is 5.65 Å². The molecule has 2 aromatic heterocycles. The molecule has 0 saturated heterocycles. The number of aromatic nitrogens is 3. The number of nitrogens with zero attached hydrogens (tertiary/aromatic N) is 3. The van der Waals surface area contributed by atoms with Crippen molar-refractivity contribution in [2.45, 2.75) is 20.3 Å². The summed E-state index contributed by atoms with van der Waals surface area (Å²) < 4.78 is 2.76. The minimum absolute atomic E-state index is 0.868. The molecular formula is C9H10BrN3. The number of halogens is 1. The Labute approximate surface area is 84.9 Å². The number of hydrogen-bond donors (Lipinski definition) is 0. The third-order valence-corrected chi connectivity index (χ3v) is 2.46. The lowest BCUT2D eigenvalue weighted by Gasteiger charge is -1.96. The maximum absolute atomic E-state index is 4.37. The number of hydrogen-bond acceptors (Lipinski definition) is 2. The van der Waals surface area contributed by atoms with E-state index in [1.165, 1.54) is 5.56 Å². The SMILES string of the molecule is CCc1nc2cc(C)cc(Br)n2n1. The van der Waals surface area contributed by atoms with E-state index < -0.39 is 0 Å². The molecule has 2 rings (SSSR count). The van der Waals surface area contributed by atoms with E-state index in [2.05, 4.69) is 32.9 Å². The second kappa shape index (κ2) is 3.10. The van der Waals surface area contributed by atoms with Gasteiger partial charge in [-0.3, -0.25) is 0 Å². The normalized spacial score (nSPS) is 11.0. The highest BCUT2D eigenvalue weighted by molar-refractivity contribution is 9.10. The number of rotatable bonds is 1. The van der Waals surface area contributed by atoms with Crippen molar-refractivity contribution in [3.05, 3.63) is 28.1 Å². The smallest absolute Gasteiger partial charge is 0.157 e. The zero-order valence-corrected chi connectivity index (χ0v) is 9.17. The third kappa shape index (κ3) is 1.46. The van der Waals surface area contributed by atoms with Gasteiger partial charge in [0, 0.05) is 6.42 Å². The van der Waals surface area contributed by atoms with Crippen LogP contribution in [0, 0.1) is 6.92 Å². The summed E-state index contributed by atoms with van der Waals surface area (Å²) in [4.78, 5) is 4.37. The molecule has 13 heavy (non-hydrogen) atoms. The van der Waals surface area contributed by atoms with E-state index in [0.29, 0.717) is 0 Å². The Hall–Kier alpha value is -0.900. The fraction of sp³-hybridized carbons (Fsp3) is 0.333. The zero-order chi connectivity index (χ0) is 9.42. The van der Waals surface area contributed by atoms with Crippen LogP contribution >= 0.6 is 15.9 Å². The second-order valence-corrected chi connectivity index (χ2v) is 3.82. The van der Waals surface area contributed by atoms with Gasteiger partial charge in [0.05, 0.1) is 0 Å². The quantitative estimate of drug-likeness (QED) is 0.716. The minimum Gasteiger partial charge on any atom is -0.212 e. The molecule has 0 aromatic carbocycles. The molecule has 0 unspecified atom stereocenters. The lowest BCUT2D eigenvalue weighted by atomic mass is 10.3.